The number of carbonyl (C=O) groups is 4. The number of ether oxygens (including phenoxy) is 4. The Labute approximate surface area is 511 Å². The van der Waals surface area contributed by atoms with Crippen molar-refractivity contribution in [2.24, 2.45) is 23.7 Å². The van der Waals surface area contributed by atoms with Crippen molar-refractivity contribution < 1.29 is 80.2 Å². The van der Waals surface area contributed by atoms with Gasteiger partial charge in [-0.3, -0.25) is 37.3 Å². The third-order valence-electron chi connectivity index (χ3n) is 15.5. The molecule has 0 aromatic carbocycles. The number of hydrogen-bond acceptors (Lipinski definition) is 15. The van der Waals surface area contributed by atoms with Crippen LogP contribution >= 0.6 is 15.6 Å². The molecule has 0 saturated carbocycles. The van der Waals surface area contributed by atoms with Crippen molar-refractivity contribution >= 4 is 39.5 Å². The van der Waals surface area contributed by atoms with Crippen LogP contribution in [0.15, 0.2) is 0 Å². The summed E-state index contributed by atoms with van der Waals surface area (Å²) in [6.45, 7) is 14.0. The van der Waals surface area contributed by atoms with Crippen molar-refractivity contribution in [2.75, 3.05) is 39.6 Å². The standard InChI is InChI=1S/C65H126O17P2/c1-9-57(7)43-35-27-21-23-30-38-46-63(68)76-52-60(81-64(69)47-39-31-20-14-12-11-13-17-25-33-41-55(3)4)53-79-83(71,72)77-49-59(66)50-78-84(73,74)80-54-61(82-65(70)48-40-32-24-22-28-36-44-58(8)10-2)51-75-62(67)45-37-29-19-16-15-18-26-34-42-56(5)6/h55-61,66H,9-54H2,1-8H3,(H,71,72)(H,73,74)/t57?,58?,59-,60+,61+/m0/s1. The van der Waals surface area contributed by atoms with E-state index in [1.54, 1.807) is 0 Å². The highest BCUT2D eigenvalue weighted by Crippen LogP contribution is 2.45. The lowest BCUT2D eigenvalue weighted by atomic mass is 10.00. The average molecular weight is 1240 g/mol. The smallest absolute Gasteiger partial charge is 0.462 e. The third-order valence-corrected chi connectivity index (χ3v) is 17.4. The van der Waals surface area contributed by atoms with Crippen LogP contribution in [0.25, 0.3) is 0 Å². The van der Waals surface area contributed by atoms with E-state index < -0.39 is 97.5 Å². The maximum Gasteiger partial charge on any atom is 0.472 e. The number of aliphatic hydroxyl groups is 1. The van der Waals surface area contributed by atoms with Crippen LogP contribution in [0.5, 0.6) is 0 Å². The van der Waals surface area contributed by atoms with Crippen molar-refractivity contribution in [3.05, 3.63) is 0 Å². The van der Waals surface area contributed by atoms with Gasteiger partial charge in [-0.2, -0.15) is 0 Å². The van der Waals surface area contributed by atoms with Gasteiger partial charge in [0.25, 0.3) is 0 Å². The average Bonchev–Trinajstić information content (AvgIpc) is 3.51. The molecule has 17 nitrogen and oxygen atoms in total. The number of esters is 4. The first-order chi connectivity index (χ1) is 40.2. The fourth-order valence-corrected chi connectivity index (χ4v) is 11.1. The van der Waals surface area contributed by atoms with Crippen LogP contribution in [0.4, 0.5) is 0 Å². The van der Waals surface area contributed by atoms with Crippen LogP contribution in [-0.2, 0) is 65.4 Å². The summed E-state index contributed by atoms with van der Waals surface area (Å²) in [7, 11) is -9.89. The van der Waals surface area contributed by atoms with Crippen LogP contribution in [0.2, 0.25) is 0 Å². The summed E-state index contributed by atoms with van der Waals surface area (Å²) in [4.78, 5) is 72.3. The van der Waals surface area contributed by atoms with Crippen LogP contribution < -0.4 is 0 Å². The predicted octanol–water partition coefficient (Wildman–Crippen LogP) is 17.8. The molecule has 0 heterocycles. The number of rotatable bonds is 62. The van der Waals surface area contributed by atoms with Gasteiger partial charge < -0.3 is 33.8 Å². The highest BCUT2D eigenvalue weighted by molar-refractivity contribution is 7.47. The minimum Gasteiger partial charge on any atom is -0.462 e. The van der Waals surface area contributed by atoms with Gasteiger partial charge in [-0.25, -0.2) is 9.13 Å². The fraction of sp³-hybridized carbons (Fsp3) is 0.938. The van der Waals surface area contributed by atoms with Gasteiger partial charge in [-0.1, -0.05) is 261 Å². The Bertz CT molecular complexity index is 1680. The molecule has 0 radical (unpaired) electrons. The Balaban J connectivity index is 5.26. The van der Waals surface area contributed by atoms with Crippen molar-refractivity contribution in [3.8, 4) is 0 Å². The van der Waals surface area contributed by atoms with E-state index in [1.165, 1.54) is 109 Å². The van der Waals surface area contributed by atoms with Gasteiger partial charge >= 0.3 is 39.5 Å². The molecular formula is C65H126O17P2. The van der Waals surface area contributed by atoms with Gasteiger partial charge in [0, 0.05) is 25.7 Å². The van der Waals surface area contributed by atoms with E-state index in [4.69, 9.17) is 37.0 Å². The molecular weight excluding hydrogens is 1110 g/mol. The highest BCUT2D eigenvalue weighted by atomic mass is 31.2. The van der Waals surface area contributed by atoms with E-state index in [2.05, 4.69) is 55.4 Å². The third kappa shape index (κ3) is 56.6. The molecule has 4 unspecified atom stereocenters. The maximum atomic E-state index is 13.0. The molecule has 7 atom stereocenters. The zero-order valence-electron chi connectivity index (χ0n) is 54.5. The summed E-state index contributed by atoms with van der Waals surface area (Å²) in [6.07, 6.45) is 34.9. The van der Waals surface area contributed by atoms with Crippen LogP contribution in [0.1, 0.15) is 312 Å². The molecule has 3 N–H and O–H groups in total. The molecule has 0 bridgehead atoms. The molecule has 0 aliphatic rings. The van der Waals surface area contributed by atoms with Gasteiger partial charge in [-0.15, -0.1) is 0 Å². The molecule has 0 aliphatic carbocycles. The molecule has 0 amide bonds. The Morgan fingerprint density at radius 2 is 0.571 bits per heavy atom. The zero-order chi connectivity index (χ0) is 62.5. The SMILES string of the molecule is CCC(C)CCCCCCCCC(=O)OC[C@H](COP(=O)(O)OC[C@H](O)COP(=O)(O)OC[C@@H](COC(=O)CCCCCCCCCCC(C)C)OC(=O)CCCCCCCCC(C)CC)OC(=O)CCCCCCCCCCCCC(C)C. The Kier molecular flexibility index (Phi) is 53.9. The second-order valence-corrected chi connectivity index (χ2v) is 27.8. The first kappa shape index (κ1) is 82.1. The molecule has 0 fully saturated rings. The largest absolute Gasteiger partial charge is 0.472 e. The normalized spacial score (nSPS) is 15.1. The minimum absolute atomic E-state index is 0.102. The Morgan fingerprint density at radius 1 is 0.333 bits per heavy atom. The Morgan fingerprint density at radius 3 is 0.845 bits per heavy atom. The molecule has 84 heavy (non-hydrogen) atoms. The first-order valence-corrected chi connectivity index (χ1v) is 36.8. The summed E-state index contributed by atoms with van der Waals surface area (Å²) in [5.74, 6) is 0.789. The van der Waals surface area contributed by atoms with E-state index in [0.29, 0.717) is 25.7 Å². The summed E-state index contributed by atoms with van der Waals surface area (Å²) >= 11 is 0. The van der Waals surface area contributed by atoms with E-state index in [-0.39, 0.29) is 25.7 Å². The highest BCUT2D eigenvalue weighted by Gasteiger charge is 2.30. The van der Waals surface area contributed by atoms with E-state index in [9.17, 15) is 43.2 Å². The van der Waals surface area contributed by atoms with E-state index in [1.807, 2.05) is 0 Å². The molecule has 0 aromatic heterocycles. The van der Waals surface area contributed by atoms with Gasteiger partial charge in [0.15, 0.2) is 12.2 Å². The molecule has 0 spiro atoms. The van der Waals surface area contributed by atoms with Crippen molar-refractivity contribution in [1.82, 2.24) is 0 Å². The maximum absolute atomic E-state index is 13.0. The molecule has 0 aliphatic heterocycles. The predicted molar refractivity (Wildman–Crippen MR) is 335 cm³/mol. The molecule has 0 rings (SSSR count). The molecule has 0 aromatic rings. The number of phosphoric acid groups is 2. The molecule has 498 valence electrons. The Hall–Kier alpha value is -1.94. The lowest BCUT2D eigenvalue weighted by Gasteiger charge is -2.21. The van der Waals surface area contributed by atoms with Crippen molar-refractivity contribution in [3.63, 3.8) is 0 Å². The van der Waals surface area contributed by atoms with E-state index in [0.717, 1.165) is 120 Å². The van der Waals surface area contributed by atoms with Crippen molar-refractivity contribution in [2.45, 2.75) is 331 Å². The number of unbranched alkanes of at least 4 members (excludes halogenated alkanes) is 26. The number of hydrogen-bond donors (Lipinski definition) is 3. The number of aliphatic hydroxyl groups excluding tert-OH is 1. The van der Waals surface area contributed by atoms with E-state index >= 15 is 0 Å². The zero-order valence-corrected chi connectivity index (χ0v) is 56.3. The lowest BCUT2D eigenvalue weighted by Crippen LogP contribution is -2.30. The van der Waals surface area contributed by atoms with Gasteiger partial charge in [0.1, 0.15) is 19.3 Å². The topological polar surface area (TPSA) is 237 Å². The quantitative estimate of drug-likeness (QED) is 0.0222. The molecule has 0 saturated heterocycles. The van der Waals surface area contributed by atoms with Crippen LogP contribution in [-0.4, -0.2) is 96.7 Å². The summed E-state index contributed by atoms with van der Waals surface area (Å²) < 4.78 is 68.0. The van der Waals surface area contributed by atoms with Gasteiger partial charge in [0.2, 0.25) is 0 Å². The number of carbonyl (C=O) groups excluding carboxylic acids is 4. The summed E-state index contributed by atoms with van der Waals surface area (Å²) in [6, 6.07) is 0. The lowest BCUT2D eigenvalue weighted by molar-refractivity contribution is -0.161. The number of phosphoric ester groups is 2. The monoisotopic (exact) mass is 1240 g/mol. The van der Waals surface area contributed by atoms with Crippen LogP contribution in [0, 0.1) is 23.7 Å². The summed E-state index contributed by atoms with van der Waals surface area (Å²) in [5.41, 5.74) is 0. The fourth-order valence-electron chi connectivity index (χ4n) is 9.54. The second kappa shape index (κ2) is 55.2. The van der Waals surface area contributed by atoms with Crippen LogP contribution in [0.3, 0.4) is 0 Å². The molecule has 19 heteroatoms. The minimum atomic E-state index is -4.95. The summed E-state index contributed by atoms with van der Waals surface area (Å²) in [5, 5.41) is 10.5. The first-order valence-electron chi connectivity index (χ1n) is 33.8. The van der Waals surface area contributed by atoms with Gasteiger partial charge in [-0.05, 0) is 49.4 Å². The van der Waals surface area contributed by atoms with Crippen molar-refractivity contribution in [1.29, 1.82) is 0 Å². The van der Waals surface area contributed by atoms with Gasteiger partial charge in [0.05, 0.1) is 26.4 Å². The second-order valence-electron chi connectivity index (χ2n) is 24.9.